The SMILES string of the molecule is COCCOc1ncccc1C(=O)N1CCc2cc(Br)ccc21. The molecule has 0 saturated carbocycles. The van der Waals surface area contributed by atoms with E-state index >= 15 is 0 Å². The maximum atomic E-state index is 12.9. The number of carbonyl (C=O) groups is 1. The first-order valence-corrected chi connectivity index (χ1v) is 8.17. The van der Waals surface area contributed by atoms with Crippen molar-refractivity contribution in [3.05, 3.63) is 52.1 Å². The van der Waals surface area contributed by atoms with Crippen molar-refractivity contribution < 1.29 is 14.3 Å². The number of nitrogens with zero attached hydrogens (tertiary/aromatic N) is 2. The van der Waals surface area contributed by atoms with E-state index in [2.05, 4.69) is 27.0 Å². The van der Waals surface area contributed by atoms with E-state index in [1.807, 2.05) is 12.1 Å². The number of pyridine rings is 1. The van der Waals surface area contributed by atoms with Crippen molar-refractivity contribution in [1.29, 1.82) is 0 Å². The number of aromatic nitrogens is 1. The minimum absolute atomic E-state index is 0.0911. The van der Waals surface area contributed by atoms with Gasteiger partial charge in [-0.15, -0.1) is 0 Å². The zero-order chi connectivity index (χ0) is 16.2. The predicted octanol–water partition coefficient (Wildman–Crippen LogP) is 3.07. The molecular formula is C17H17BrN2O3. The summed E-state index contributed by atoms with van der Waals surface area (Å²) in [5.74, 6) is 0.256. The fourth-order valence-electron chi connectivity index (χ4n) is 2.62. The molecule has 0 bridgehead atoms. The first-order chi connectivity index (χ1) is 11.2. The predicted molar refractivity (Wildman–Crippen MR) is 91.1 cm³/mol. The van der Waals surface area contributed by atoms with E-state index in [-0.39, 0.29) is 5.91 Å². The summed E-state index contributed by atoms with van der Waals surface area (Å²) in [7, 11) is 1.60. The van der Waals surface area contributed by atoms with Crippen molar-refractivity contribution in [3.8, 4) is 5.88 Å². The molecule has 3 rings (SSSR count). The van der Waals surface area contributed by atoms with E-state index < -0.39 is 0 Å². The largest absolute Gasteiger partial charge is 0.475 e. The monoisotopic (exact) mass is 376 g/mol. The lowest BCUT2D eigenvalue weighted by Gasteiger charge is -2.19. The second-order valence-electron chi connectivity index (χ2n) is 5.18. The minimum atomic E-state index is -0.0911. The van der Waals surface area contributed by atoms with Crippen LogP contribution in [0.15, 0.2) is 41.0 Å². The Morgan fingerprint density at radius 3 is 3.04 bits per heavy atom. The lowest BCUT2D eigenvalue weighted by atomic mass is 10.2. The quantitative estimate of drug-likeness (QED) is 0.752. The van der Waals surface area contributed by atoms with Crippen LogP contribution in [-0.2, 0) is 11.2 Å². The molecule has 23 heavy (non-hydrogen) atoms. The number of fused-ring (bicyclic) bond motifs is 1. The highest BCUT2D eigenvalue weighted by Crippen LogP contribution is 2.32. The van der Waals surface area contributed by atoms with Gasteiger partial charge in [0.05, 0.1) is 6.61 Å². The molecule has 1 amide bonds. The van der Waals surface area contributed by atoms with E-state index in [1.54, 1.807) is 30.3 Å². The van der Waals surface area contributed by atoms with E-state index in [9.17, 15) is 4.79 Å². The average Bonchev–Trinajstić information content (AvgIpc) is 2.98. The fraction of sp³-hybridized carbons (Fsp3) is 0.294. The number of benzene rings is 1. The van der Waals surface area contributed by atoms with Gasteiger partial charge in [0.2, 0.25) is 5.88 Å². The molecule has 2 heterocycles. The van der Waals surface area contributed by atoms with Gasteiger partial charge in [0, 0.05) is 30.0 Å². The molecule has 0 fully saturated rings. The first-order valence-electron chi connectivity index (χ1n) is 7.38. The van der Waals surface area contributed by atoms with Gasteiger partial charge >= 0.3 is 0 Å². The van der Waals surface area contributed by atoms with Crippen LogP contribution >= 0.6 is 15.9 Å². The van der Waals surface area contributed by atoms with Crippen LogP contribution in [0.3, 0.4) is 0 Å². The third kappa shape index (κ3) is 3.38. The van der Waals surface area contributed by atoms with Crippen molar-refractivity contribution in [1.82, 2.24) is 4.98 Å². The molecule has 1 aliphatic rings. The molecule has 1 aliphatic heterocycles. The molecule has 0 atom stereocenters. The Labute approximate surface area is 143 Å². The van der Waals surface area contributed by atoms with Gasteiger partial charge < -0.3 is 14.4 Å². The van der Waals surface area contributed by atoms with Gasteiger partial charge in [0.15, 0.2) is 0 Å². The van der Waals surface area contributed by atoms with Crippen LogP contribution in [0.5, 0.6) is 5.88 Å². The number of ether oxygens (including phenoxy) is 2. The van der Waals surface area contributed by atoms with Gasteiger partial charge in [-0.3, -0.25) is 4.79 Å². The van der Waals surface area contributed by atoms with Crippen molar-refractivity contribution >= 4 is 27.5 Å². The Kier molecular flexibility index (Phi) is 4.93. The Hall–Kier alpha value is -1.92. The summed E-state index contributed by atoms with van der Waals surface area (Å²) in [6, 6.07) is 9.46. The summed E-state index contributed by atoms with van der Waals surface area (Å²) in [5.41, 5.74) is 2.59. The molecule has 0 radical (unpaired) electrons. The summed E-state index contributed by atoms with van der Waals surface area (Å²) in [4.78, 5) is 18.9. The van der Waals surface area contributed by atoms with Gasteiger partial charge in [-0.25, -0.2) is 4.98 Å². The maximum Gasteiger partial charge on any atom is 0.263 e. The summed E-state index contributed by atoms with van der Waals surface area (Å²) < 4.78 is 11.6. The van der Waals surface area contributed by atoms with Gasteiger partial charge in [-0.2, -0.15) is 0 Å². The number of methoxy groups -OCH3 is 1. The highest BCUT2D eigenvalue weighted by molar-refractivity contribution is 9.10. The van der Waals surface area contributed by atoms with Crippen molar-refractivity contribution in [3.63, 3.8) is 0 Å². The van der Waals surface area contributed by atoms with Crippen molar-refractivity contribution in [2.45, 2.75) is 6.42 Å². The van der Waals surface area contributed by atoms with E-state index in [0.29, 0.717) is 31.2 Å². The molecule has 0 spiro atoms. The Balaban J connectivity index is 1.85. The number of rotatable bonds is 5. The first kappa shape index (κ1) is 16.0. The van der Waals surface area contributed by atoms with E-state index in [4.69, 9.17) is 9.47 Å². The highest BCUT2D eigenvalue weighted by Gasteiger charge is 2.27. The molecule has 0 aliphatic carbocycles. The molecule has 5 nitrogen and oxygen atoms in total. The van der Waals surface area contributed by atoms with Crippen LogP contribution in [-0.4, -0.2) is 37.8 Å². The number of hydrogen-bond donors (Lipinski definition) is 0. The Morgan fingerprint density at radius 2 is 2.22 bits per heavy atom. The average molecular weight is 377 g/mol. The topological polar surface area (TPSA) is 51.7 Å². The highest BCUT2D eigenvalue weighted by atomic mass is 79.9. The second-order valence-corrected chi connectivity index (χ2v) is 6.09. The molecule has 0 saturated heterocycles. The molecule has 2 aromatic rings. The number of halogens is 1. The number of amides is 1. The third-order valence-electron chi connectivity index (χ3n) is 3.71. The van der Waals surface area contributed by atoms with Crippen molar-refractivity contribution in [2.24, 2.45) is 0 Å². The van der Waals surface area contributed by atoms with Crippen LogP contribution in [0.25, 0.3) is 0 Å². The molecule has 0 N–H and O–H groups in total. The van der Waals surface area contributed by atoms with Gasteiger partial charge in [-0.1, -0.05) is 15.9 Å². The fourth-order valence-corrected chi connectivity index (χ4v) is 3.03. The molecular weight excluding hydrogens is 360 g/mol. The summed E-state index contributed by atoms with van der Waals surface area (Å²) in [5, 5.41) is 0. The van der Waals surface area contributed by atoms with Crippen LogP contribution in [0, 0.1) is 0 Å². The second kappa shape index (κ2) is 7.10. The van der Waals surface area contributed by atoms with E-state index in [0.717, 1.165) is 16.6 Å². The molecule has 1 aromatic heterocycles. The Morgan fingerprint density at radius 1 is 1.35 bits per heavy atom. The van der Waals surface area contributed by atoms with Crippen molar-refractivity contribution in [2.75, 3.05) is 31.8 Å². The lowest BCUT2D eigenvalue weighted by molar-refractivity contribution is 0.0979. The number of carbonyl (C=O) groups excluding carboxylic acids is 1. The van der Waals surface area contributed by atoms with Crippen LogP contribution < -0.4 is 9.64 Å². The molecule has 1 aromatic carbocycles. The van der Waals surface area contributed by atoms with Crippen LogP contribution in [0.4, 0.5) is 5.69 Å². The smallest absolute Gasteiger partial charge is 0.263 e. The lowest BCUT2D eigenvalue weighted by Crippen LogP contribution is -2.29. The zero-order valence-corrected chi connectivity index (χ0v) is 14.4. The minimum Gasteiger partial charge on any atom is -0.475 e. The van der Waals surface area contributed by atoms with E-state index in [1.165, 1.54) is 5.56 Å². The summed E-state index contributed by atoms with van der Waals surface area (Å²) >= 11 is 3.47. The van der Waals surface area contributed by atoms with Crippen LogP contribution in [0.1, 0.15) is 15.9 Å². The van der Waals surface area contributed by atoms with Gasteiger partial charge in [0.25, 0.3) is 5.91 Å². The standard InChI is InChI=1S/C17H17BrN2O3/c1-22-9-10-23-16-14(3-2-7-19-16)17(21)20-8-6-12-11-13(18)4-5-15(12)20/h2-5,7,11H,6,8-10H2,1H3. The summed E-state index contributed by atoms with van der Waals surface area (Å²) in [6.07, 6.45) is 2.47. The normalized spacial score (nSPS) is 13.0. The van der Waals surface area contributed by atoms with Crippen LogP contribution in [0.2, 0.25) is 0 Å². The molecule has 0 unspecified atom stereocenters. The molecule has 6 heteroatoms. The zero-order valence-electron chi connectivity index (χ0n) is 12.8. The van der Waals surface area contributed by atoms with Gasteiger partial charge in [0.1, 0.15) is 12.2 Å². The summed E-state index contributed by atoms with van der Waals surface area (Å²) in [6.45, 7) is 1.47. The molecule has 120 valence electrons. The Bertz CT molecular complexity index is 721. The number of hydrogen-bond acceptors (Lipinski definition) is 4. The third-order valence-corrected chi connectivity index (χ3v) is 4.20. The number of anilines is 1. The maximum absolute atomic E-state index is 12.9. The van der Waals surface area contributed by atoms with Gasteiger partial charge in [-0.05, 0) is 42.3 Å².